The molecule has 0 bridgehead atoms. The van der Waals surface area contributed by atoms with Crippen LogP contribution in [0.25, 0.3) is 0 Å². The van der Waals surface area contributed by atoms with Crippen molar-refractivity contribution in [1.82, 2.24) is 10.6 Å². The summed E-state index contributed by atoms with van der Waals surface area (Å²) >= 11 is 5.79. The topological polar surface area (TPSA) is 67.4 Å². The van der Waals surface area contributed by atoms with Crippen molar-refractivity contribution < 1.29 is 14.3 Å². The third-order valence-electron chi connectivity index (χ3n) is 4.33. The summed E-state index contributed by atoms with van der Waals surface area (Å²) in [6.45, 7) is -0.220. The van der Waals surface area contributed by atoms with Crippen molar-refractivity contribution in [3.8, 4) is 5.75 Å². The minimum absolute atomic E-state index is 0.00895. The van der Waals surface area contributed by atoms with Gasteiger partial charge < -0.3 is 15.4 Å². The number of carbonyl (C=O) groups excluding carboxylic acids is 2. The summed E-state index contributed by atoms with van der Waals surface area (Å²) in [5.74, 6) is -0.00138. The van der Waals surface area contributed by atoms with Crippen LogP contribution in [-0.4, -0.2) is 25.0 Å². The highest BCUT2D eigenvalue weighted by Crippen LogP contribution is 2.29. The number of fused-ring (bicyclic) bond motifs is 1. The lowest BCUT2D eigenvalue weighted by Crippen LogP contribution is -2.40. The Balaban J connectivity index is 1.43. The molecule has 2 aromatic carbocycles. The first-order valence-corrected chi connectivity index (χ1v) is 9.02. The molecule has 0 heterocycles. The van der Waals surface area contributed by atoms with Crippen molar-refractivity contribution in [1.29, 1.82) is 0 Å². The Labute approximate surface area is 157 Å². The molecule has 1 aliphatic rings. The highest BCUT2D eigenvalue weighted by atomic mass is 35.5. The lowest BCUT2D eigenvalue weighted by Gasteiger charge is -2.26. The summed E-state index contributed by atoms with van der Waals surface area (Å²) in [5.41, 5.74) is 2.45. The van der Waals surface area contributed by atoms with E-state index in [0.29, 0.717) is 10.8 Å². The third kappa shape index (κ3) is 4.99. The van der Waals surface area contributed by atoms with Crippen LogP contribution in [0.3, 0.4) is 0 Å². The van der Waals surface area contributed by atoms with E-state index in [2.05, 4.69) is 22.8 Å². The molecule has 0 saturated heterocycles. The average molecular weight is 373 g/mol. The Hall–Kier alpha value is -2.53. The van der Waals surface area contributed by atoms with Gasteiger partial charge in [0.05, 0.1) is 12.6 Å². The molecule has 136 valence electrons. The predicted octanol–water partition coefficient (Wildman–Crippen LogP) is 3.03. The maximum atomic E-state index is 12.2. The Morgan fingerprint density at radius 1 is 1.08 bits per heavy atom. The summed E-state index contributed by atoms with van der Waals surface area (Å²) in [5, 5.41) is 6.18. The van der Waals surface area contributed by atoms with E-state index in [1.807, 2.05) is 12.1 Å². The Kier molecular flexibility index (Phi) is 6.12. The number of hydrogen-bond donors (Lipinski definition) is 2. The largest absolute Gasteiger partial charge is 0.484 e. The molecular weight excluding hydrogens is 352 g/mol. The quantitative estimate of drug-likeness (QED) is 0.819. The fraction of sp³-hybridized carbons (Fsp3) is 0.300. The predicted molar refractivity (Wildman–Crippen MR) is 100 cm³/mol. The van der Waals surface area contributed by atoms with E-state index in [-0.39, 0.29) is 31.0 Å². The summed E-state index contributed by atoms with van der Waals surface area (Å²) in [6, 6.07) is 14.9. The summed E-state index contributed by atoms with van der Waals surface area (Å²) in [4.78, 5) is 24.0. The van der Waals surface area contributed by atoms with E-state index >= 15 is 0 Å². The molecule has 0 aliphatic heterocycles. The average Bonchev–Trinajstić information content (AvgIpc) is 2.66. The van der Waals surface area contributed by atoms with Crippen LogP contribution in [0.15, 0.2) is 48.5 Å². The molecule has 0 fully saturated rings. The number of rotatable bonds is 6. The monoisotopic (exact) mass is 372 g/mol. The molecule has 3 rings (SSSR count). The second-order valence-electron chi connectivity index (χ2n) is 6.23. The van der Waals surface area contributed by atoms with Crippen LogP contribution in [-0.2, 0) is 16.0 Å². The van der Waals surface area contributed by atoms with E-state index in [9.17, 15) is 9.59 Å². The van der Waals surface area contributed by atoms with Crippen LogP contribution in [0.1, 0.15) is 30.0 Å². The number of aryl methyl sites for hydroxylation is 1. The van der Waals surface area contributed by atoms with E-state index in [1.54, 1.807) is 24.3 Å². The SMILES string of the molecule is O=C(COc1ccc(Cl)cc1)NCC(=O)NC1CCCc2ccccc21. The Morgan fingerprint density at radius 2 is 1.85 bits per heavy atom. The van der Waals surface area contributed by atoms with E-state index in [0.717, 1.165) is 19.3 Å². The summed E-state index contributed by atoms with van der Waals surface area (Å²) < 4.78 is 5.35. The van der Waals surface area contributed by atoms with Gasteiger partial charge in [-0.25, -0.2) is 0 Å². The molecule has 1 unspecified atom stereocenters. The van der Waals surface area contributed by atoms with Crippen molar-refractivity contribution in [2.75, 3.05) is 13.2 Å². The number of benzene rings is 2. The molecule has 2 amide bonds. The first-order chi connectivity index (χ1) is 12.6. The number of ether oxygens (including phenoxy) is 1. The maximum absolute atomic E-state index is 12.2. The van der Waals surface area contributed by atoms with Crippen LogP contribution < -0.4 is 15.4 Å². The number of nitrogens with one attached hydrogen (secondary N) is 2. The second-order valence-corrected chi connectivity index (χ2v) is 6.67. The van der Waals surface area contributed by atoms with Gasteiger partial charge in [-0.3, -0.25) is 9.59 Å². The van der Waals surface area contributed by atoms with E-state index < -0.39 is 0 Å². The maximum Gasteiger partial charge on any atom is 0.258 e. The standard InChI is InChI=1S/C20H21ClN2O3/c21-15-8-10-16(11-9-15)26-13-20(25)22-12-19(24)23-18-7-3-5-14-4-1-2-6-17(14)18/h1-2,4,6,8-11,18H,3,5,7,12-13H2,(H,22,25)(H,23,24). The lowest BCUT2D eigenvalue weighted by molar-refractivity contribution is -0.127. The molecule has 5 nitrogen and oxygen atoms in total. The zero-order valence-electron chi connectivity index (χ0n) is 14.3. The molecule has 2 aromatic rings. The van der Waals surface area contributed by atoms with Gasteiger partial charge in [0.2, 0.25) is 5.91 Å². The van der Waals surface area contributed by atoms with Crippen molar-refractivity contribution in [3.63, 3.8) is 0 Å². The molecular formula is C20H21ClN2O3. The lowest BCUT2D eigenvalue weighted by atomic mass is 9.88. The van der Waals surface area contributed by atoms with Gasteiger partial charge in [0, 0.05) is 5.02 Å². The minimum Gasteiger partial charge on any atom is -0.484 e. The summed E-state index contributed by atoms with van der Waals surface area (Å²) in [7, 11) is 0. The third-order valence-corrected chi connectivity index (χ3v) is 4.59. The van der Waals surface area contributed by atoms with Gasteiger partial charge in [-0.15, -0.1) is 0 Å². The first kappa shape index (κ1) is 18.3. The second kappa shape index (κ2) is 8.72. The van der Waals surface area contributed by atoms with Gasteiger partial charge in [0.1, 0.15) is 5.75 Å². The highest BCUT2D eigenvalue weighted by molar-refractivity contribution is 6.30. The zero-order valence-corrected chi connectivity index (χ0v) is 15.1. The zero-order chi connectivity index (χ0) is 18.4. The van der Waals surface area contributed by atoms with Crippen LogP contribution in [0, 0.1) is 0 Å². The molecule has 1 atom stereocenters. The molecule has 0 saturated carbocycles. The summed E-state index contributed by atoms with van der Waals surface area (Å²) in [6.07, 6.45) is 3.00. The van der Waals surface area contributed by atoms with Crippen LogP contribution >= 0.6 is 11.6 Å². The number of halogens is 1. The van der Waals surface area contributed by atoms with E-state index in [1.165, 1.54) is 11.1 Å². The molecule has 2 N–H and O–H groups in total. The molecule has 0 spiro atoms. The van der Waals surface area contributed by atoms with Gasteiger partial charge in [-0.1, -0.05) is 35.9 Å². The molecule has 0 radical (unpaired) electrons. The van der Waals surface area contributed by atoms with Crippen molar-refractivity contribution in [3.05, 3.63) is 64.7 Å². The molecule has 6 heteroatoms. The van der Waals surface area contributed by atoms with Crippen molar-refractivity contribution in [2.24, 2.45) is 0 Å². The number of amides is 2. The van der Waals surface area contributed by atoms with E-state index in [4.69, 9.17) is 16.3 Å². The van der Waals surface area contributed by atoms with Crippen molar-refractivity contribution in [2.45, 2.75) is 25.3 Å². The van der Waals surface area contributed by atoms with Gasteiger partial charge in [0.15, 0.2) is 6.61 Å². The van der Waals surface area contributed by atoms with Gasteiger partial charge in [-0.2, -0.15) is 0 Å². The van der Waals surface area contributed by atoms with Gasteiger partial charge in [0.25, 0.3) is 5.91 Å². The molecule has 0 aromatic heterocycles. The molecule has 26 heavy (non-hydrogen) atoms. The minimum atomic E-state index is -0.348. The fourth-order valence-corrected chi connectivity index (χ4v) is 3.18. The van der Waals surface area contributed by atoms with Crippen LogP contribution in [0.2, 0.25) is 5.02 Å². The highest BCUT2D eigenvalue weighted by Gasteiger charge is 2.21. The van der Waals surface area contributed by atoms with Crippen LogP contribution in [0.5, 0.6) is 5.75 Å². The smallest absolute Gasteiger partial charge is 0.258 e. The number of carbonyl (C=O) groups is 2. The fourth-order valence-electron chi connectivity index (χ4n) is 3.06. The number of hydrogen-bond acceptors (Lipinski definition) is 3. The first-order valence-electron chi connectivity index (χ1n) is 8.64. The Bertz CT molecular complexity index is 777. The van der Waals surface area contributed by atoms with Gasteiger partial charge in [-0.05, 0) is 54.7 Å². The molecule has 1 aliphatic carbocycles. The van der Waals surface area contributed by atoms with Gasteiger partial charge >= 0.3 is 0 Å². The van der Waals surface area contributed by atoms with Crippen LogP contribution in [0.4, 0.5) is 0 Å². The normalized spacial score (nSPS) is 15.7. The van der Waals surface area contributed by atoms with Crippen molar-refractivity contribution >= 4 is 23.4 Å². The Morgan fingerprint density at radius 3 is 2.65 bits per heavy atom.